The van der Waals surface area contributed by atoms with Gasteiger partial charge in [0, 0.05) is 23.5 Å². The number of carbonyl (C=O) groups is 2. The molecule has 1 N–H and O–H groups in total. The van der Waals surface area contributed by atoms with E-state index in [0.29, 0.717) is 22.4 Å². The molecule has 1 aliphatic carbocycles. The lowest BCUT2D eigenvalue weighted by Gasteiger charge is -2.24. The molecule has 0 spiro atoms. The van der Waals surface area contributed by atoms with Crippen molar-refractivity contribution in [3.63, 3.8) is 0 Å². The summed E-state index contributed by atoms with van der Waals surface area (Å²) in [6, 6.07) is 10.6. The number of hydrogen-bond donors (Lipinski definition) is 1. The first-order valence-electron chi connectivity index (χ1n) is 14.0. The number of nitrogens with zero attached hydrogens (tertiary/aromatic N) is 3. The van der Waals surface area contributed by atoms with Gasteiger partial charge < -0.3 is 19.1 Å². The van der Waals surface area contributed by atoms with E-state index >= 15 is 0 Å². The highest BCUT2D eigenvalue weighted by molar-refractivity contribution is 6.03. The first-order chi connectivity index (χ1) is 20.5. The number of aryl methyl sites for hydroxylation is 1. The number of rotatable bonds is 5. The van der Waals surface area contributed by atoms with Gasteiger partial charge in [-0.05, 0) is 71.9 Å². The summed E-state index contributed by atoms with van der Waals surface area (Å²) in [5.41, 5.74) is 2.61. The van der Waals surface area contributed by atoms with Gasteiger partial charge in [-0.1, -0.05) is 25.3 Å². The van der Waals surface area contributed by atoms with Crippen LogP contribution in [-0.4, -0.2) is 45.6 Å². The van der Waals surface area contributed by atoms with E-state index in [-0.39, 0.29) is 23.7 Å². The van der Waals surface area contributed by atoms with Gasteiger partial charge in [-0.3, -0.25) is 4.68 Å². The van der Waals surface area contributed by atoms with E-state index in [2.05, 4.69) is 5.10 Å². The molecule has 0 amide bonds. The first-order valence-corrected chi connectivity index (χ1v) is 14.0. The highest BCUT2D eigenvalue weighted by Gasteiger charge is 2.43. The number of ether oxygens (including phenoxy) is 2. The molecule has 0 saturated heterocycles. The molecule has 0 bridgehead atoms. The van der Waals surface area contributed by atoms with Crippen molar-refractivity contribution in [3.05, 3.63) is 70.0 Å². The van der Waals surface area contributed by atoms with Gasteiger partial charge in [0.05, 0.1) is 37.7 Å². The van der Waals surface area contributed by atoms with Crippen LogP contribution in [-0.2, 0) is 24.5 Å². The van der Waals surface area contributed by atoms with Crippen molar-refractivity contribution in [2.45, 2.75) is 50.7 Å². The van der Waals surface area contributed by atoms with Crippen molar-refractivity contribution >= 4 is 34.5 Å². The molecule has 1 fully saturated rings. The van der Waals surface area contributed by atoms with Gasteiger partial charge in [-0.2, -0.15) is 18.3 Å². The highest BCUT2D eigenvalue weighted by Crippen LogP contribution is 2.48. The molecule has 43 heavy (non-hydrogen) atoms. The maximum Gasteiger partial charge on any atom is 0.436 e. The molecule has 1 aliphatic heterocycles. The number of hydrogen-bond acceptors (Lipinski definition) is 5. The number of methoxy groups -OCH3 is 2. The number of aromatic carboxylic acids is 1. The summed E-state index contributed by atoms with van der Waals surface area (Å²) in [6.07, 6.45) is 2.09. The Morgan fingerprint density at radius 2 is 1.77 bits per heavy atom. The van der Waals surface area contributed by atoms with E-state index in [1.165, 1.54) is 14.2 Å². The van der Waals surface area contributed by atoms with Crippen molar-refractivity contribution < 1.29 is 37.3 Å². The smallest absolute Gasteiger partial charge is 0.436 e. The third-order valence-electron chi connectivity index (χ3n) is 8.55. The SMILES string of the molecule is COC(=O)c1c(C(F)(F)F)nn(C)c1C1=Cc2cc(OC)ccc2-c2c(C3CCCCC3)c3ccc(C(=O)O)cc3n2C1. The predicted molar refractivity (Wildman–Crippen MR) is 154 cm³/mol. The molecule has 1 saturated carbocycles. The topological polar surface area (TPSA) is 95.6 Å². The number of fused-ring (bicyclic) bond motifs is 5. The number of benzene rings is 2. The zero-order valence-corrected chi connectivity index (χ0v) is 23.9. The quantitative estimate of drug-likeness (QED) is 0.247. The molecule has 3 heterocycles. The van der Waals surface area contributed by atoms with Crippen LogP contribution in [0.25, 0.3) is 33.8 Å². The maximum atomic E-state index is 14.1. The summed E-state index contributed by atoms with van der Waals surface area (Å²) >= 11 is 0. The molecular formula is C32H30F3N3O5. The third kappa shape index (κ3) is 4.76. The summed E-state index contributed by atoms with van der Waals surface area (Å²) in [4.78, 5) is 24.9. The molecule has 6 rings (SSSR count). The molecule has 0 atom stereocenters. The Labute approximate surface area is 245 Å². The minimum absolute atomic E-state index is 0.0312. The maximum absolute atomic E-state index is 14.1. The summed E-state index contributed by atoms with van der Waals surface area (Å²) < 4.78 is 55.7. The average Bonchev–Trinajstić information content (AvgIpc) is 3.45. The first kappa shape index (κ1) is 28.6. The number of halogens is 3. The van der Waals surface area contributed by atoms with E-state index in [4.69, 9.17) is 9.47 Å². The monoisotopic (exact) mass is 593 g/mol. The van der Waals surface area contributed by atoms with Crippen molar-refractivity contribution in [3.8, 4) is 17.0 Å². The fraction of sp³-hybridized carbons (Fsp3) is 0.344. The van der Waals surface area contributed by atoms with Gasteiger partial charge >= 0.3 is 18.1 Å². The van der Waals surface area contributed by atoms with Crippen molar-refractivity contribution in [2.24, 2.45) is 7.05 Å². The molecule has 11 heteroatoms. The Balaban J connectivity index is 1.71. The third-order valence-corrected chi connectivity index (χ3v) is 8.55. The van der Waals surface area contributed by atoms with Gasteiger partial charge in [-0.25, -0.2) is 9.59 Å². The van der Waals surface area contributed by atoms with Gasteiger partial charge in [0.15, 0.2) is 5.69 Å². The van der Waals surface area contributed by atoms with E-state index < -0.39 is 29.4 Å². The van der Waals surface area contributed by atoms with Crippen LogP contribution in [0.3, 0.4) is 0 Å². The van der Waals surface area contributed by atoms with Crippen LogP contribution in [0, 0.1) is 0 Å². The fourth-order valence-corrected chi connectivity index (χ4v) is 6.70. The number of aromatic nitrogens is 3. The van der Waals surface area contributed by atoms with Gasteiger partial charge in [0.25, 0.3) is 0 Å². The largest absolute Gasteiger partial charge is 0.497 e. The van der Waals surface area contributed by atoms with Gasteiger partial charge in [-0.15, -0.1) is 0 Å². The summed E-state index contributed by atoms with van der Waals surface area (Å²) in [6.45, 7) is 0.0550. The Kier molecular flexibility index (Phi) is 7.06. The van der Waals surface area contributed by atoms with Crippen LogP contribution < -0.4 is 4.74 Å². The fourth-order valence-electron chi connectivity index (χ4n) is 6.70. The highest BCUT2D eigenvalue weighted by atomic mass is 19.4. The molecule has 0 radical (unpaired) electrons. The van der Waals surface area contributed by atoms with Crippen LogP contribution in [0.2, 0.25) is 0 Å². The van der Waals surface area contributed by atoms with Crippen LogP contribution in [0.5, 0.6) is 5.75 Å². The summed E-state index contributed by atoms with van der Waals surface area (Å²) in [7, 11) is 3.93. The van der Waals surface area contributed by atoms with E-state index in [9.17, 15) is 27.9 Å². The second kappa shape index (κ2) is 10.6. The number of carboxylic acid groups (broad SMARTS) is 1. The lowest BCUT2D eigenvalue weighted by Crippen LogP contribution is -2.15. The Morgan fingerprint density at radius 3 is 2.42 bits per heavy atom. The molecule has 2 aromatic carbocycles. The normalized spacial score (nSPS) is 15.4. The summed E-state index contributed by atoms with van der Waals surface area (Å²) in [5.74, 6) is -1.46. The van der Waals surface area contributed by atoms with E-state index in [0.717, 1.165) is 66.1 Å². The number of carbonyl (C=O) groups excluding carboxylic acids is 1. The van der Waals surface area contributed by atoms with Crippen LogP contribution in [0.15, 0.2) is 36.4 Å². The van der Waals surface area contributed by atoms with Gasteiger partial charge in [0.2, 0.25) is 0 Å². The average molecular weight is 594 g/mol. The Hall–Kier alpha value is -4.54. The van der Waals surface area contributed by atoms with Crippen molar-refractivity contribution in [1.82, 2.24) is 14.3 Å². The van der Waals surface area contributed by atoms with Gasteiger partial charge in [0.1, 0.15) is 11.3 Å². The second-order valence-corrected chi connectivity index (χ2v) is 11.0. The molecule has 2 aromatic heterocycles. The molecule has 8 nitrogen and oxygen atoms in total. The molecule has 4 aromatic rings. The lowest BCUT2D eigenvalue weighted by molar-refractivity contribution is -0.142. The standard InChI is InChI=1S/C32H30F3N3O5/c1-37-27(26(31(41)43-3)29(36-37)32(33,34)35)20-13-19-14-21(42-2)10-12-22(19)28-25(17-7-5-4-6-8-17)23-11-9-18(30(39)40)15-24(23)38(28)16-20/h9-15,17H,4-8,16H2,1-3H3,(H,39,40). The molecule has 224 valence electrons. The predicted octanol–water partition coefficient (Wildman–Crippen LogP) is 7.16. The van der Waals surface area contributed by atoms with Crippen molar-refractivity contribution in [2.75, 3.05) is 14.2 Å². The molecule has 0 unspecified atom stereocenters. The Bertz CT molecular complexity index is 1810. The zero-order valence-electron chi connectivity index (χ0n) is 23.9. The number of allylic oxidation sites excluding steroid dienone is 1. The number of esters is 1. The molecular weight excluding hydrogens is 563 g/mol. The lowest BCUT2D eigenvalue weighted by atomic mass is 9.81. The second-order valence-electron chi connectivity index (χ2n) is 11.0. The Morgan fingerprint density at radius 1 is 1.02 bits per heavy atom. The van der Waals surface area contributed by atoms with E-state index in [1.807, 2.05) is 28.8 Å². The minimum atomic E-state index is -4.90. The van der Waals surface area contributed by atoms with Crippen LogP contribution >= 0.6 is 0 Å². The van der Waals surface area contributed by atoms with E-state index in [1.54, 1.807) is 18.2 Å². The van der Waals surface area contributed by atoms with Crippen LogP contribution in [0.1, 0.15) is 81.3 Å². The minimum Gasteiger partial charge on any atom is -0.497 e. The zero-order chi connectivity index (χ0) is 30.6. The number of carboxylic acids is 1. The van der Waals surface area contributed by atoms with Crippen LogP contribution in [0.4, 0.5) is 13.2 Å². The number of alkyl halides is 3. The van der Waals surface area contributed by atoms with Crippen molar-refractivity contribution in [1.29, 1.82) is 0 Å². The summed E-state index contributed by atoms with van der Waals surface area (Å²) in [5, 5.41) is 14.5. The molecule has 2 aliphatic rings.